The molecule has 2 heterocycles. The van der Waals surface area contributed by atoms with Gasteiger partial charge in [-0.3, -0.25) is 4.79 Å². The van der Waals surface area contributed by atoms with Gasteiger partial charge in [-0.1, -0.05) is 23.7 Å². The number of hydrogen-bond donors (Lipinski definition) is 0. The summed E-state index contributed by atoms with van der Waals surface area (Å²) in [5, 5.41) is 1.82. The Bertz CT molecular complexity index is 1150. The monoisotopic (exact) mass is 405 g/mol. The van der Waals surface area contributed by atoms with Crippen LogP contribution >= 0.6 is 11.6 Å². The average molecular weight is 406 g/mol. The van der Waals surface area contributed by atoms with Crippen molar-refractivity contribution in [2.75, 3.05) is 32.6 Å². The summed E-state index contributed by atoms with van der Waals surface area (Å²) < 4.78 is 2.20. The highest BCUT2D eigenvalue weighted by Gasteiger charge is 2.23. The van der Waals surface area contributed by atoms with Gasteiger partial charge in [-0.15, -0.1) is 0 Å². The minimum atomic E-state index is 0.00396. The number of carbonyl (C=O) groups is 1. The largest absolute Gasteiger partial charge is 0.383 e. The van der Waals surface area contributed by atoms with Crippen LogP contribution in [0.5, 0.6) is 0 Å². The molecule has 0 unspecified atom stereocenters. The van der Waals surface area contributed by atoms with Crippen LogP contribution in [0.25, 0.3) is 22.6 Å². The van der Waals surface area contributed by atoms with Gasteiger partial charge in [-0.25, -0.2) is 0 Å². The predicted molar refractivity (Wildman–Crippen MR) is 123 cm³/mol. The van der Waals surface area contributed by atoms with Gasteiger partial charge in [0.1, 0.15) is 5.82 Å². The Balaban J connectivity index is 1.85. The van der Waals surface area contributed by atoms with E-state index in [1.807, 2.05) is 49.3 Å². The Morgan fingerprint density at radius 2 is 1.83 bits per heavy atom. The Morgan fingerprint density at radius 3 is 2.52 bits per heavy atom. The van der Waals surface area contributed by atoms with Crippen molar-refractivity contribution < 1.29 is 4.79 Å². The first-order valence-electron chi connectivity index (χ1n) is 9.54. The smallest absolute Gasteiger partial charge is 0.187 e. The van der Waals surface area contributed by atoms with Gasteiger partial charge in [-0.05, 0) is 47.5 Å². The summed E-state index contributed by atoms with van der Waals surface area (Å²) in [5.41, 5.74) is 5.34. The van der Waals surface area contributed by atoms with Crippen LogP contribution in [0.3, 0.4) is 0 Å². The van der Waals surface area contributed by atoms with Gasteiger partial charge in [0, 0.05) is 68.5 Å². The summed E-state index contributed by atoms with van der Waals surface area (Å²) >= 11 is 6.06. The first-order valence-corrected chi connectivity index (χ1v) is 9.92. The van der Waals surface area contributed by atoms with Crippen molar-refractivity contribution >= 4 is 45.8 Å². The van der Waals surface area contributed by atoms with Crippen molar-refractivity contribution in [2.45, 2.75) is 0 Å². The number of allylic oxidation sites excluding steroid dienone is 1. The Labute approximate surface area is 176 Å². The van der Waals surface area contributed by atoms with Crippen LogP contribution in [0.2, 0.25) is 5.02 Å². The van der Waals surface area contributed by atoms with Gasteiger partial charge < -0.3 is 14.4 Å². The van der Waals surface area contributed by atoms with E-state index in [1.54, 1.807) is 12.3 Å². The van der Waals surface area contributed by atoms with E-state index in [2.05, 4.69) is 41.8 Å². The fourth-order valence-electron chi connectivity index (χ4n) is 3.92. The third kappa shape index (κ3) is 3.56. The first-order chi connectivity index (χ1) is 13.8. The second-order valence-corrected chi connectivity index (χ2v) is 8.14. The van der Waals surface area contributed by atoms with Gasteiger partial charge >= 0.3 is 0 Å². The lowest BCUT2D eigenvalue weighted by Crippen LogP contribution is -2.25. The van der Waals surface area contributed by atoms with Gasteiger partial charge in [0.25, 0.3) is 0 Å². The number of benzene rings is 2. The molecular weight excluding hydrogens is 382 g/mol. The van der Waals surface area contributed by atoms with Crippen LogP contribution in [0.1, 0.15) is 21.5 Å². The third-order valence-electron chi connectivity index (χ3n) is 5.32. The van der Waals surface area contributed by atoms with Crippen molar-refractivity contribution in [1.82, 2.24) is 9.47 Å². The lowest BCUT2D eigenvalue weighted by molar-refractivity contribution is 0.104. The quantitative estimate of drug-likeness (QED) is 0.447. The predicted octanol–water partition coefficient (Wildman–Crippen LogP) is 5.08. The number of fused-ring (bicyclic) bond motifs is 3. The molecule has 0 amide bonds. The molecule has 0 bridgehead atoms. The maximum absolute atomic E-state index is 12.6. The fraction of sp³-hybridized carbons (Fsp3) is 0.208. The molecule has 0 spiro atoms. The molecule has 29 heavy (non-hydrogen) atoms. The van der Waals surface area contributed by atoms with E-state index in [4.69, 9.17) is 11.6 Å². The van der Waals surface area contributed by atoms with Crippen LogP contribution in [0.15, 0.2) is 54.7 Å². The molecule has 1 aromatic heterocycles. The van der Waals surface area contributed by atoms with Gasteiger partial charge in [-0.2, -0.15) is 0 Å². The van der Waals surface area contributed by atoms with Gasteiger partial charge in [0.2, 0.25) is 0 Å². The molecule has 0 aliphatic carbocycles. The lowest BCUT2D eigenvalue weighted by atomic mass is 9.97. The lowest BCUT2D eigenvalue weighted by Gasteiger charge is -2.27. The summed E-state index contributed by atoms with van der Waals surface area (Å²) in [5.74, 6) is 1.16. The molecule has 0 N–H and O–H groups in total. The van der Waals surface area contributed by atoms with E-state index >= 15 is 0 Å². The van der Waals surface area contributed by atoms with Crippen molar-refractivity contribution in [2.24, 2.45) is 7.05 Å². The van der Waals surface area contributed by atoms with Crippen LogP contribution in [-0.2, 0) is 7.05 Å². The average Bonchev–Trinajstić information content (AvgIpc) is 2.99. The van der Waals surface area contributed by atoms with E-state index in [0.29, 0.717) is 5.56 Å². The molecule has 2 aromatic carbocycles. The Hall–Kier alpha value is -2.98. The van der Waals surface area contributed by atoms with Crippen LogP contribution in [-0.4, -0.2) is 42.9 Å². The SMILES string of the molecule is CN(C)C=CC(=O)c1ccc2c(c1)c1c(n2C)N(C)CC(c2ccc(Cl)cc2)=C1. The number of carbonyl (C=O) groups excluding carboxylic acids is 1. The molecular formula is C24H24ClN3O. The fourth-order valence-corrected chi connectivity index (χ4v) is 4.04. The molecule has 0 radical (unpaired) electrons. The number of aryl methyl sites for hydroxylation is 1. The highest BCUT2D eigenvalue weighted by atomic mass is 35.5. The van der Waals surface area contributed by atoms with Gasteiger partial charge in [0.15, 0.2) is 5.78 Å². The van der Waals surface area contributed by atoms with Crippen molar-refractivity contribution in [3.05, 3.63) is 76.5 Å². The molecule has 4 nitrogen and oxygen atoms in total. The summed E-state index contributed by atoms with van der Waals surface area (Å²) in [6.07, 6.45) is 5.63. The number of nitrogens with zero attached hydrogens (tertiary/aromatic N) is 3. The highest BCUT2D eigenvalue weighted by Crippen LogP contribution is 2.39. The number of hydrogen-bond acceptors (Lipinski definition) is 3. The van der Waals surface area contributed by atoms with Crippen LogP contribution in [0.4, 0.5) is 5.82 Å². The molecule has 1 aliphatic heterocycles. The summed E-state index contributed by atoms with van der Waals surface area (Å²) in [4.78, 5) is 16.7. The molecule has 0 saturated heterocycles. The first kappa shape index (κ1) is 19.3. The van der Waals surface area contributed by atoms with Crippen LogP contribution in [0, 0.1) is 0 Å². The van der Waals surface area contributed by atoms with Crippen LogP contribution < -0.4 is 4.90 Å². The summed E-state index contributed by atoms with van der Waals surface area (Å²) in [6.45, 7) is 0.816. The maximum atomic E-state index is 12.6. The van der Waals surface area contributed by atoms with E-state index in [-0.39, 0.29) is 5.78 Å². The molecule has 4 rings (SSSR count). The Kier molecular flexibility index (Phi) is 4.97. The topological polar surface area (TPSA) is 28.5 Å². The number of anilines is 1. The van der Waals surface area contributed by atoms with E-state index < -0.39 is 0 Å². The second kappa shape index (κ2) is 7.45. The van der Waals surface area contributed by atoms with E-state index in [0.717, 1.165) is 39.4 Å². The standard InChI is InChI=1S/C24H24ClN3O/c1-26(2)12-11-23(29)17-7-10-22-20(13-17)21-14-18(15-27(3)24(21)28(22)4)16-5-8-19(25)9-6-16/h5-14H,15H2,1-4H3. The third-order valence-corrected chi connectivity index (χ3v) is 5.57. The van der Waals surface area contributed by atoms with Crippen molar-refractivity contribution in [3.63, 3.8) is 0 Å². The number of rotatable bonds is 4. The summed E-state index contributed by atoms with van der Waals surface area (Å²) in [6, 6.07) is 13.9. The highest BCUT2D eigenvalue weighted by molar-refractivity contribution is 6.30. The molecule has 1 aliphatic rings. The molecule has 0 atom stereocenters. The zero-order chi connectivity index (χ0) is 20.7. The van der Waals surface area contributed by atoms with E-state index in [9.17, 15) is 4.79 Å². The normalized spacial score (nSPS) is 13.7. The summed E-state index contributed by atoms with van der Waals surface area (Å²) in [7, 11) is 7.98. The molecule has 148 valence electrons. The van der Waals surface area contributed by atoms with Crippen molar-refractivity contribution in [1.29, 1.82) is 0 Å². The number of likely N-dealkylation sites (N-methyl/N-ethyl adjacent to an activating group) is 1. The van der Waals surface area contributed by atoms with Crippen molar-refractivity contribution in [3.8, 4) is 0 Å². The minimum Gasteiger partial charge on any atom is -0.383 e. The number of ketones is 1. The zero-order valence-electron chi connectivity index (χ0n) is 17.1. The minimum absolute atomic E-state index is 0.00396. The molecule has 3 aromatic rings. The molecule has 5 heteroatoms. The second-order valence-electron chi connectivity index (χ2n) is 7.70. The Morgan fingerprint density at radius 1 is 1.10 bits per heavy atom. The van der Waals surface area contributed by atoms with E-state index in [1.165, 1.54) is 5.57 Å². The number of aromatic nitrogens is 1. The molecule has 0 fully saturated rings. The van der Waals surface area contributed by atoms with Gasteiger partial charge in [0.05, 0.1) is 5.52 Å². The number of halogens is 1. The molecule has 0 saturated carbocycles. The zero-order valence-corrected chi connectivity index (χ0v) is 17.9. The maximum Gasteiger partial charge on any atom is 0.187 e.